The van der Waals surface area contributed by atoms with Crippen molar-refractivity contribution in [1.29, 1.82) is 0 Å². The van der Waals surface area contributed by atoms with Crippen molar-refractivity contribution in [3.63, 3.8) is 0 Å². The monoisotopic (exact) mass is 268 g/mol. The maximum Gasteiger partial charge on any atom is -0.0256 e. The van der Waals surface area contributed by atoms with Gasteiger partial charge >= 0.3 is 0 Å². The molecule has 0 aliphatic heterocycles. The van der Waals surface area contributed by atoms with Gasteiger partial charge in [0.15, 0.2) is 0 Å². The highest BCUT2D eigenvalue weighted by atomic mass is 14.0. The van der Waals surface area contributed by atoms with E-state index >= 15 is 0 Å². The lowest BCUT2D eigenvalue weighted by Gasteiger charge is -2.02. The summed E-state index contributed by atoms with van der Waals surface area (Å²) < 4.78 is 0. The standard InChI is InChI=1S/C10H14.C6H6.C4H8/c1-9(2)8-10-6-4-3-5-7-10;1-2-4-6-5-3-1;1-4(2)3/h3-7,9H,8H2,1-2H3;1-6H;1H2,2-3H3. The van der Waals surface area contributed by atoms with Crippen LogP contribution in [-0.4, -0.2) is 0 Å². The van der Waals surface area contributed by atoms with E-state index in [9.17, 15) is 0 Å². The molecule has 0 amide bonds. The first kappa shape index (κ1) is 18.2. The molecule has 0 bridgehead atoms. The molecule has 0 unspecified atom stereocenters. The molecule has 0 nitrogen and oxygen atoms in total. The fourth-order valence-corrected chi connectivity index (χ4v) is 1.47. The lowest BCUT2D eigenvalue weighted by molar-refractivity contribution is 0.647. The van der Waals surface area contributed by atoms with Gasteiger partial charge in [0, 0.05) is 0 Å². The highest BCUT2D eigenvalue weighted by Gasteiger charge is 1.94. The van der Waals surface area contributed by atoms with Gasteiger partial charge in [0.05, 0.1) is 0 Å². The third-order valence-corrected chi connectivity index (χ3v) is 2.15. The van der Waals surface area contributed by atoms with E-state index in [4.69, 9.17) is 0 Å². The van der Waals surface area contributed by atoms with Crippen LogP contribution in [0.4, 0.5) is 0 Å². The highest BCUT2D eigenvalue weighted by molar-refractivity contribution is 5.14. The Morgan fingerprint density at radius 1 is 0.800 bits per heavy atom. The summed E-state index contributed by atoms with van der Waals surface area (Å²) in [6.07, 6.45) is 1.20. The van der Waals surface area contributed by atoms with Gasteiger partial charge in [-0.1, -0.05) is 86.2 Å². The molecule has 0 heteroatoms. The Labute approximate surface area is 125 Å². The summed E-state index contributed by atoms with van der Waals surface area (Å²) in [7, 11) is 0. The Bertz CT molecular complexity index is 395. The van der Waals surface area contributed by atoms with Crippen molar-refractivity contribution in [3.05, 3.63) is 84.4 Å². The minimum atomic E-state index is 0.766. The Morgan fingerprint density at radius 2 is 1.10 bits per heavy atom. The van der Waals surface area contributed by atoms with Crippen molar-refractivity contribution >= 4 is 0 Å². The summed E-state index contributed by atoms with van der Waals surface area (Å²) in [5, 5.41) is 0. The van der Waals surface area contributed by atoms with Crippen molar-refractivity contribution < 1.29 is 0 Å². The molecular weight excluding hydrogens is 240 g/mol. The summed E-state index contributed by atoms with van der Waals surface area (Å²) in [4.78, 5) is 0. The summed E-state index contributed by atoms with van der Waals surface area (Å²) in [5.74, 6) is 0.766. The SMILES string of the molecule is C=C(C)C.CC(C)Cc1ccccc1.c1ccccc1. The zero-order chi connectivity index (χ0) is 15.2. The first-order valence-electron chi connectivity index (χ1n) is 7.18. The molecule has 0 saturated carbocycles. The molecule has 0 aliphatic rings. The van der Waals surface area contributed by atoms with E-state index in [0.717, 1.165) is 5.92 Å². The molecular formula is C20H28. The molecule has 0 saturated heterocycles. The number of benzene rings is 2. The van der Waals surface area contributed by atoms with Gasteiger partial charge in [-0.2, -0.15) is 0 Å². The average Bonchev–Trinajstić information content (AvgIpc) is 2.41. The van der Waals surface area contributed by atoms with Crippen molar-refractivity contribution in [1.82, 2.24) is 0 Å². The quantitative estimate of drug-likeness (QED) is 0.573. The van der Waals surface area contributed by atoms with Crippen LogP contribution in [0.1, 0.15) is 33.3 Å². The van der Waals surface area contributed by atoms with E-state index in [2.05, 4.69) is 50.8 Å². The van der Waals surface area contributed by atoms with Crippen LogP contribution < -0.4 is 0 Å². The number of hydrogen-bond acceptors (Lipinski definition) is 0. The molecule has 0 fully saturated rings. The van der Waals surface area contributed by atoms with E-state index in [1.165, 1.54) is 17.6 Å². The summed E-state index contributed by atoms with van der Waals surface area (Å²) in [5.41, 5.74) is 2.61. The molecule has 0 atom stereocenters. The van der Waals surface area contributed by atoms with Gasteiger partial charge in [0.2, 0.25) is 0 Å². The third-order valence-electron chi connectivity index (χ3n) is 2.15. The maximum absolute atomic E-state index is 3.56. The largest absolute Gasteiger partial charge is 0.100 e. The second kappa shape index (κ2) is 12.2. The molecule has 0 heterocycles. The second-order valence-corrected chi connectivity index (χ2v) is 5.45. The molecule has 0 aliphatic carbocycles. The van der Waals surface area contributed by atoms with Crippen LogP contribution in [-0.2, 0) is 6.42 Å². The lowest BCUT2D eigenvalue weighted by Crippen LogP contribution is -1.92. The number of allylic oxidation sites excluding steroid dienone is 1. The molecule has 2 aromatic rings. The van der Waals surface area contributed by atoms with Crippen LogP contribution in [0.25, 0.3) is 0 Å². The van der Waals surface area contributed by atoms with Crippen molar-refractivity contribution in [2.45, 2.75) is 34.1 Å². The van der Waals surface area contributed by atoms with Crippen LogP contribution in [0.2, 0.25) is 0 Å². The summed E-state index contributed by atoms with van der Waals surface area (Å²) in [6, 6.07) is 22.6. The molecule has 0 aromatic heterocycles. The topological polar surface area (TPSA) is 0 Å². The zero-order valence-electron chi connectivity index (χ0n) is 13.3. The van der Waals surface area contributed by atoms with E-state index in [1.807, 2.05) is 50.2 Å². The van der Waals surface area contributed by atoms with Crippen molar-refractivity contribution in [2.24, 2.45) is 5.92 Å². The molecule has 108 valence electrons. The fraction of sp³-hybridized carbons (Fsp3) is 0.300. The third kappa shape index (κ3) is 14.2. The predicted molar refractivity (Wildman–Crippen MR) is 91.9 cm³/mol. The van der Waals surface area contributed by atoms with Gasteiger partial charge in [0.1, 0.15) is 0 Å². The van der Waals surface area contributed by atoms with Gasteiger partial charge in [-0.15, -0.1) is 6.58 Å². The van der Waals surface area contributed by atoms with Crippen LogP contribution in [0.15, 0.2) is 78.9 Å². The van der Waals surface area contributed by atoms with E-state index in [0.29, 0.717) is 0 Å². The number of hydrogen-bond donors (Lipinski definition) is 0. The highest BCUT2D eigenvalue weighted by Crippen LogP contribution is 2.06. The molecule has 2 aromatic carbocycles. The van der Waals surface area contributed by atoms with Crippen LogP contribution >= 0.6 is 0 Å². The van der Waals surface area contributed by atoms with Gasteiger partial charge in [0.25, 0.3) is 0 Å². The molecule has 0 radical (unpaired) electrons. The van der Waals surface area contributed by atoms with E-state index in [-0.39, 0.29) is 0 Å². The first-order valence-corrected chi connectivity index (χ1v) is 7.18. The Morgan fingerprint density at radius 3 is 1.40 bits per heavy atom. The van der Waals surface area contributed by atoms with E-state index < -0.39 is 0 Å². The Kier molecular flexibility index (Phi) is 11.1. The van der Waals surface area contributed by atoms with E-state index in [1.54, 1.807) is 0 Å². The van der Waals surface area contributed by atoms with Crippen LogP contribution in [0.3, 0.4) is 0 Å². The molecule has 2 rings (SSSR count). The molecule has 0 N–H and O–H groups in total. The maximum atomic E-state index is 3.56. The Hall–Kier alpha value is -1.82. The van der Waals surface area contributed by atoms with Crippen molar-refractivity contribution in [2.75, 3.05) is 0 Å². The first-order chi connectivity index (χ1) is 9.52. The lowest BCUT2D eigenvalue weighted by atomic mass is 10.0. The van der Waals surface area contributed by atoms with Crippen LogP contribution in [0.5, 0.6) is 0 Å². The second-order valence-electron chi connectivity index (χ2n) is 5.45. The molecule has 0 spiro atoms. The van der Waals surface area contributed by atoms with Gasteiger partial charge in [-0.05, 0) is 31.7 Å². The molecule has 20 heavy (non-hydrogen) atoms. The zero-order valence-corrected chi connectivity index (χ0v) is 13.3. The summed E-state index contributed by atoms with van der Waals surface area (Å²) in [6.45, 7) is 12.0. The number of rotatable bonds is 2. The smallest absolute Gasteiger partial charge is 0.0256 e. The summed E-state index contributed by atoms with van der Waals surface area (Å²) >= 11 is 0. The van der Waals surface area contributed by atoms with Gasteiger partial charge < -0.3 is 0 Å². The normalized spacial score (nSPS) is 8.85. The van der Waals surface area contributed by atoms with Gasteiger partial charge in [-0.3, -0.25) is 0 Å². The Balaban J connectivity index is 0.000000307. The van der Waals surface area contributed by atoms with Crippen molar-refractivity contribution in [3.8, 4) is 0 Å². The fourth-order valence-electron chi connectivity index (χ4n) is 1.47. The van der Waals surface area contributed by atoms with Gasteiger partial charge in [-0.25, -0.2) is 0 Å². The minimum absolute atomic E-state index is 0.766. The average molecular weight is 268 g/mol. The minimum Gasteiger partial charge on any atom is -0.100 e. The van der Waals surface area contributed by atoms with Crippen LogP contribution in [0, 0.1) is 5.92 Å². The predicted octanol–water partition coefficient (Wildman–Crippen LogP) is 6.15.